The summed E-state index contributed by atoms with van der Waals surface area (Å²) in [4.78, 5) is 19.7. The molecule has 0 amide bonds. The third-order valence-corrected chi connectivity index (χ3v) is 5.35. The molecule has 0 saturated carbocycles. The van der Waals surface area contributed by atoms with Crippen LogP contribution in [0.4, 0.5) is 0 Å². The van der Waals surface area contributed by atoms with Crippen LogP contribution < -0.4 is 5.32 Å². The minimum atomic E-state index is -4.47. The Morgan fingerprint density at radius 2 is 1.14 bits per heavy atom. The van der Waals surface area contributed by atoms with Gasteiger partial charge in [-0.1, -0.05) is 42.8 Å². The number of hydrogen-bond donors (Lipinski definition) is 6. The maximum atomic E-state index is 10.5. The fourth-order valence-electron chi connectivity index (χ4n) is 2.67. The Kier molecular flexibility index (Phi) is 13.3. The number of phenolic OH excluding ortho intramolecular Hbond substituents is 2. The molecule has 1 heterocycles. The Hall–Kier alpha value is -3.93. The summed E-state index contributed by atoms with van der Waals surface area (Å²) >= 11 is 0. The minimum Gasteiger partial charge on any atom is -0.508 e. The van der Waals surface area contributed by atoms with Crippen molar-refractivity contribution in [1.82, 2.24) is 5.32 Å². The van der Waals surface area contributed by atoms with E-state index >= 15 is 0 Å². The highest BCUT2D eigenvalue weighted by atomic mass is 32.2. The molecule has 3 aromatic carbocycles. The van der Waals surface area contributed by atoms with Crippen LogP contribution in [0, 0.1) is 0 Å². The van der Waals surface area contributed by atoms with Crippen molar-refractivity contribution >= 4 is 22.1 Å². The molecule has 11 heteroatoms. The predicted octanol–water partition coefficient (Wildman–Crippen LogP) is 3.87. The van der Waals surface area contributed by atoms with Gasteiger partial charge in [-0.25, -0.2) is 9.59 Å². The summed E-state index contributed by atoms with van der Waals surface area (Å²) < 4.78 is 29.5. The van der Waals surface area contributed by atoms with Crippen molar-refractivity contribution in [3.63, 3.8) is 0 Å². The van der Waals surface area contributed by atoms with Crippen molar-refractivity contribution < 1.29 is 43.0 Å². The molecule has 194 valence electrons. The van der Waals surface area contributed by atoms with Crippen molar-refractivity contribution in [1.29, 1.82) is 0 Å². The molecule has 1 saturated heterocycles. The molecule has 10 nitrogen and oxygen atoms in total. The number of carboxylic acids is 2. The molecule has 0 aliphatic carbocycles. The molecule has 0 unspecified atom stereocenters. The van der Waals surface area contributed by atoms with Gasteiger partial charge in [0.15, 0.2) is 0 Å². The van der Waals surface area contributed by atoms with Crippen molar-refractivity contribution in [2.75, 3.05) is 13.1 Å². The van der Waals surface area contributed by atoms with Gasteiger partial charge in [0.25, 0.3) is 10.1 Å². The number of benzene rings is 3. The number of aromatic carboxylic acids is 2. The van der Waals surface area contributed by atoms with Crippen molar-refractivity contribution in [3.05, 3.63) is 90.0 Å². The quantitative estimate of drug-likeness (QED) is 0.219. The van der Waals surface area contributed by atoms with Crippen LogP contribution in [0.2, 0.25) is 0 Å². The molecule has 0 atom stereocenters. The number of carboxylic acid groups (broad SMARTS) is 2. The van der Waals surface area contributed by atoms with E-state index in [1.807, 2.05) is 0 Å². The number of nitrogens with one attached hydrogen (secondary N) is 1. The van der Waals surface area contributed by atoms with Gasteiger partial charge in [0.2, 0.25) is 0 Å². The van der Waals surface area contributed by atoms with Gasteiger partial charge in [-0.2, -0.15) is 8.42 Å². The third kappa shape index (κ3) is 12.5. The number of rotatable bonds is 3. The number of piperidine rings is 1. The van der Waals surface area contributed by atoms with Crippen LogP contribution in [0.5, 0.6) is 11.5 Å². The first-order valence-corrected chi connectivity index (χ1v) is 12.2. The molecule has 0 bridgehead atoms. The standard InChI is InChI=1S/2C7H6O2.C6H6O5S.C5H11N/c2*8-7(9)6-4-2-1-3-5-6;7-4-1-2-5(8)6(3-4)12(9,10)11;1-2-4-6-5-3-1/h2*1-5H,(H,8,9);1-3,7-8H,(H,9,10,11);6H,1-5H2. The first-order valence-electron chi connectivity index (χ1n) is 10.8. The Morgan fingerprint density at radius 3 is 1.39 bits per heavy atom. The van der Waals surface area contributed by atoms with E-state index in [0.717, 1.165) is 18.2 Å². The normalized spacial score (nSPS) is 12.2. The SMILES string of the molecule is C1CCNCC1.O=C(O)c1ccccc1.O=C(O)c1ccccc1.O=S(=O)(O)c1cc(O)ccc1O. The topological polar surface area (TPSA) is 181 Å². The highest BCUT2D eigenvalue weighted by Crippen LogP contribution is 2.25. The minimum absolute atomic E-state index is 0.331. The van der Waals surface area contributed by atoms with Crippen molar-refractivity contribution in [2.24, 2.45) is 0 Å². The van der Waals surface area contributed by atoms with Crippen LogP contribution >= 0.6 is 0 Å². The highest BCUT2D eigenvalue weighted by Gasteiger charge is 2.15. The van der Waals surface area contributed by atoms with E-state index in [0.29, 0.717) is 11.1 Å². The van der Waals surface area contributed by atoms with Crippen LogP contribution in [0.1, 0.15) is 40.0 Å². The lowest BCUT2D eigenvalue weighted by atomic mass is 10.2. The molecule has 1 aliphatic rings. The van der Waals surface area contributed by atoms with E-state index in [9.17, 15) is 18.0 Å². The van der Waals surface area contributed by atoms with E-state index in [-0.39, 0.29) is 5.75 Å². The van der Waals surface area contributed by atoms with Crippen LogP contribution in [0.3, 0.4) is 0 Å². The van der Waals surface area contributed by atoms with Gasteiger partial charge < -0.3 is 25.7 Å². The van der Waals surface area contributed by atoms with Crippen LogP contribution in [-0.2, 0) is 10.1 Å². The van der Waals surface area contributed by atoms with Gasteiger partial charge >= 0.3 is 11.9 Å². The summed E-state index contributed by atoms with van der Waals surface area (Å²) in [5, 5.41) is 37.8. The molecule has 36 heavy (non-hydrogen) atoms. The lowest BCUT2D eigenvalue weighted by Gasteiger charge is -2.08. The van der Waals surface area contributed by atoms with Gasteiger partial charge in [-0.05, 0) is 62.3 Å². The maximum Gasteiger partial charge on any atom is 0.335 e. The lowest BCUT2D eigenvalue weighted by Crippen LogP contribution is -2.21. The maximum absolute atomic E-state index is 10.5. The molecule has 1 aliphatic heterocycles. The molecule has 3 aromatic rings. The van der Waals surface area contributed by atoms with E-state index in [1.165, 1.54) is 32.4 Å². The molecular formula is C25H29NO9S. The monoisotopic (exact) mass is 519 g/mol. The highest BCUT2D eigenvalue weighted by molar-refractivity contribution is 7.86. The second-order valence-corrected chi connectivity index (χ2v) is 8.67. The van der Waals surface area contributed by atoms with E-state index in [2.05, 4.69) is 5.32 Å². The average molecular weight is 520 g/mol. The Balaban J connectivity index is 0.000000246. The fourth-order valence-corrected chi connectivity index (χ4v) is 3.27. The zero-order valence-corrected chi connectivity index (χ0v) is 20.1. The Bertz CT molecular complexity index is 1120. The van der Waals surface area contributed by atoms with Gasteiger partial charge in [-0.15, -0.1) is 0 Å². The molecule has 4 rings (SSSR count). The molecule has 0 radical (unpaired) electrons. The van der Waals surface area contributed by atoms with Crippen molar-refractivity contribution in [3.8, 4) is 11.5 Å². The molecule has 1 fully saturated rings. The van der Waals surface area contributed by atoms with Gasteiger partial charge in [-0.3, -0.25) is 4.55 Å². The third-order valence-electron chi connectivity index (χ3n) is 4.47. The Morgan fingerprint density at radius 1 is 0.694 bits per heavy atom. The second kappa shape index (κ2) is 15.9. The summed E-state index contributed by atoms with van der Waals surface area (Å²) in [5.74, 6) is -2.71. The molecule has 0 aromatic heterocycles. The fraction of sp³-hybridized carbons (Fsp3) is 0.200. The summed E-state index contributed by atoms with van der Waals surface area (Å²) in [6.07, 6.45) is 4.22. The molecule has 0 spiro atoms. The summed E-state index contributed by atoms with van der Waals surface area (Å²) in [5.41, 5.74) is 0.662. The average Bonchev–Trinajstić information content (AvgIpc) is 2.88. The zero-order valence-electron chi connectivity index (χ0n) is 19.3. The first-order chi connectivity index (χ1) is 17.0. The van der Waals surface area contributed by atoms with E-state index in [1.54, 1.807) is 60.7 Å². The zero-order chi connectivity index (χ0) is 27.0. The Labute approximate surface area is 209 Å². The van der Waals surface area contributed by atoms with Gasteiger partial charge in [0.1, 0.15) is 16.4 Å². The van der Waals surface area contributed by atoms with E-state index < -0.39 is 32.7 Å². The summed E-state index contributed by atoms with van der Waals surface area (Å²) in [6, 6.07) is 19.4. The number of phenols is 2. The first kappa shape index (κ1) is 30.1. The number of carbonyl (C=O) groups is 2. The van der Waals surface area contributed by atoms with Crippen molar-refractivity contribution in [2.45, 2.75) is 24.2 Å². The van der Waals surface area contributed by atoms with Crippen LogP contribution in [-0.4, -0.2) is 58.4 Å². The van der Waals surface area contributed by atoms with Gasteiger partial charge in [0, 0.05) is 6.07 Å². The largest absolute Gasteiger partial charge is 0.508 e. The summed E-state index contributed by atoms with van der Waals surface area (Å²) in [6.45, 7) is 2.50. The summed E-state index contributed by atoms with van der Waals surface area (Å²) in [7, 11) is -4.47. The predicted molar refractivity (Wildman–Crippen MR) is 133 cm³/mol. The lowest BCUT2D eigenvalue weighted by molar-refractivity contribution is 0.0686. The molecule has 6 N–H and O–H groups in total. The number of hydrogen-bond acceptors (Lipinski definition) is 7. The number of aromatic hydroxyl groups is 2. The molecular weight excluding hydrogens is 490 g/mol. The smallest absolute Gasteiger partial charge is 0.335 e. The van der Waals surface area contributed by atoms with Crippen LogP contribution in [0.25, 0.3) is 0 Å². The van der Waals surface area contributed by atoms with E-state index in [4.69, 9.17) is 25.0 Å². The second-order valence-electron chi connectivity index (χ2n) is 7.28. The van der Waals surface area contributed by atoms with Crippen LogP contribution in [0.15, 0.2) is 83.8 Å². The van der Waals surface area contributed by atoms with Gasteiger partial charge in [0.05, 0.1) is 11.1 Å².